The Bertz CT molecular complexity index is 476. The van der Waals surface area contributed by atoms with Gasteiger partial charge < -0.3 is 0 Å². The van der Waals surface area contributed by atoms with Crippen LogP contribution in [0.2, 0.25) is 0 Å². The van der Waals surface area contributed by atoms with E-state index in [1.54, 1.807) is 0 Å². The van der Waals surface area contributed by atoms with Gasteiger partial charge in [-0.05, 0) is 73.5 Å². The molecule has 0 heterocycles. The van der Waals surface area contributed by atoms with E-state index in [4.69, 9.17) is 0 Å². The molecule has 0 amide bonds. The summed E-state index contributed by atoms with van der Waals surface area (Å²) in [4.78, 5) is 11.8. The molecule has 4 aliphatic carbocycles. The monoisotopic (exact) mass is 272 g/mol. The first-order chi connectivity index (χ1) is 9.53. The Balaban J connectivity index is 1.67. The lowest BCUT2D eigenvalue weighted by atomic mass is 9.46. The second-order valence-electron chi connectivity index (χ2n) is 8.53. The smallest absolute Gasteiger partial charge is 0.133 e. The van der Waals surface area contributed by atoms with Crippen LogP contribution in [0.1, 0.15) is 71.6 Å². The van der Waals surface area contributed by atoms with Gasteiger partial charge in [0.1, 0.15) is 5.78 Å². The highest BCUT2D eigenvalue weighted by Crippen LogP contribution is 2.64. The molecule has 0 aromatic rings. The Hall–Kier alpha value is -0.590. The number of carbonyl (C=O) groups excluding carboxylic acids is 1. The SMILES string of the molecule is C[C@@]12CCC=C1[C@@H]1CC[C@H]3CC(=O)CC[C@]3(C)[C@@H]1CC2. The van der Waals surface area contributed by atoms with Gasteiger partial charge in [-0.25, -0.2) is 0 Å². The van der Waals surface area contributed by atoms with Crippen molar-refractivity contribution in [3.63, 3.8) is 0 Å². The van der Waals surface area contributed by atoms with Crippen LogP contribution in [0.4, 0.5) is 0 Å². The molecule has 0 aromatic heterocycles. The molecule has 0 aromatic carbocycles. The summed E-state index contributed by atoms with van der Waals surface area (Å²) in [6, 6.07) is 0. The molecule has 1 heteroatoms. The molecule has 4 rings (SSSR count). The Labute approximate surface area is 123 Å². The molecule has 5 atom stereocenters. The second kappa shape index (κ2) is 4.21. The van der Waals surface area contributed by atoms with Crippen LogP contribution in [0.5, 0.6) is 0 Å². The number of rotatable bonds is 0. The fourth-order valence-corrected chi connectivity index (χ4v) is 6.37. The van der Waals surface area contributed by atoms with Crippen molar-refractivity contribution in [2.75, 3.05) is 0 Å². The summed E-state index contributed by atoms with van der Waals surface area (Å²) in [5.41, 5.74) is 2.82. The van der Waals surface area contributed by atoms with Gasteiger partial charge in [-0.1, -0.05) is 25.5 Å². The largest absolute Gasteiger partial charge is 0.300 e. The molecule has 0 saturated heterocycles. The van der Waals surface area contributed by atoms with Crippen molar-refractivity contribution in [2.45, 2.75) is 71.6 Å². The summed E-state index contributed by atoms with van der Waals surface area (Å²) in [6.07, 6.45) is 13.7. The van der Waals surface area contributed by atoms with Gasteiger partial charge >= 0.3 is 0 Å². The van der Waals surface area contributed by atoms with Crippen LogP contribution in [0.3, 0.4) is 0 Å². The van der Waals surface area contributed by atoms with Crippen LogP contribution in [0, 0.1) is 28.6 Å². The molecule has 0 spiro atoms. The Morgan fingerprint density at radius 1 is 1.10 bits per heavy atom. The summed E-state index contributed by atoms with van der Waals surface area (Å²) in [6.45, 7) is 5.04. The molecule has 3 fully saturated rings. The van der Waals surface area contributed by atoms with Gasteiger partial charge in [0.15, 0.2) is 0 Å². The van der Waals surface area contributed by atoms with Crippen molar-refractivity contribution < 1.29 is 4.79 Å². The van der Waals surface area contributed by atoms with Crippen LogP contribution in [0.25, 0.3) is 0 Å². The van der Waals surface area contributed by atoms with Gasteiger partial charge in [0.05, 0.1) is 0 Å². The van der Waals surface area contributed by atoms with E-state index in [0.29, 0.717) is 22.5 Å². The van der Waals surface area contributed by atoms with Crippen molar-refractivity contribution in [3.05, 3.63) is 11.6 Å². The quantitative estimate of drug-likeness (QED) is 0.573. The molecule has 4 aliphatic rings. The number of ketones is 1. The molecule has 0 radical (unpaired) electrons. The predicted octanol–water partition coefficient (Wildman–Crippen LogP) is 4.91. The zero-order valence-corrected chi connectivity index (χ0v) is 13.1. The Kier molecular flexibility index (Phi) is 2.76. The molecule has 0 bridgehead atoms. The molecule has 110 valence electrons. The normalized spacial score (nSPS) is 51.0. The molecule has 0 unspecified atom stereocenters. The van der Waals surface area contributed by atoms with Gasteiger partial charge in [0, 0.05) is 12.8 Å². The Morgan fingerprint density at radius 3 is 2.80 bits per heavy atom. The first kappa shape index (κ1) is 13.1. The summed E-state index contributed by atoms with van der Waals surface area (Å²) in [5, 5.41) is 0. The van der Waals surface area contributed by atoms with E-state index < -0.39 is 0 Å². The van der Waals surface area contributed by atoms with Crippen LogP contribution < -0.4 is 0 Å². The van der Waals surface area contributed by atoms with Crippen LogP contribution in [-0.4, -0.2) is 5.78 Å². The van der Waals surface area contributed by atoms with E-state index in [0.717, 1.165) is 24.7 Å². The van der Waals surface area contributed by atoms with Crippen LogP contribution in [0.15, 0.2) is 11.6 Å². The van der Waals surface area contributed by atoms with Gasteiger partial charge in [0.25, 0.3) is 0 Å². The number of hydrogen-bond acceptors (Lipinski definition) is 1. The molecule has 0 aliphatic heterocycles. The zero-order chi connectivity index (χ0) is 14.0. The van der Waals surface area contributed by atoms with E-state index in [2.05, 4.69) is 19.9 Å². The summed E-state index contributed by atoms with van der Waals surface area (Å²) in [5.74, 6) is 2.94. The number of hydrogen-bond donors (Lipinski definition) is 0. The second-order valence-corrected chi connectivity index (χ2v) is 8.53. The number of fused-ring (bicyclic) bond motifs is 5. The molecule has 1 nitrogen and oxygen atoms in total. The highest BCUT2D eigenvalue weighted by Gasteiger charge is 2.55. The number of allylic oxidation sites excluding steroid dienone is 2. The van der Waals surface area contributed by atoms with E-state index in [9.17, 15) is 4.79 Å². The van der Waals surface area contributed by atoms with Crippen molar-refractivity contribution in [3.8, 4) is 0 Å². The minimum absolute atomic E-state index is 0.460. The first-order valence-corrected chi connectivity index (χ1v) is 8.75. The van der Waals surface area contributed by atoms with Crippen molar-refractivity contribution >= 4 is 5.78 Å². The third kappa shape index (κ3) is 1.64. The highest BCUT2D eigenvalue weighted by molar-refractivity contribution is 5.79. The van der Waals surface area contributed by atoms with E-state index in [1.165, 1.54) is 44.9 Å². The maximum absolute atomic E-state index is 11.8. The number of Topliss-reactive ketones (excluding diaryl/α,β-unsaturated/α-hetero) is 1. The van der Waals surface area contributed by atoms with Gasteiger partial charge in [0.2, 0.25) is 0 Å². The average Bonchev–Trinajstić information content (AvgIpc) is 2.81. The maximum Gasteiger partial charge on any atom is 0.133 e. The maximum atomic E-state index is 11.8. The fourth-order valence-electron chi connectivity index (χ4n) is 6.37. The van der Waals surface area contributed by atoms with E-state index in [-0.39, 0.29) is 0 Å². The molecule has 0 N–H and O–H groups in total. The summed E-state index contributed by atoms with van der Waals surface area (Å²) >= 11 is 0. The van der Waals surface area contributed by atoms with Crippen LogP contribution in [-0.2, 0) is 4.79 Å². The molecular weight excluding hydrogens is 244 g/mol. The lowest BCUT2D eigenvalue weighted by Gasteiger charge is -2.58. The first-order valence-electron chi connectivity index (χ1n) is 8.75. The highest BCUT2D eigenvalue weighted by atomic mass is 16.1. The van der Waals surface area contributed by atoms with Crippen LogP contribution >= 0.6 is 0 Å². The van der Waals surface area contributed by atoms with Gasteiger partial charge in [-0.3, -0.25) is 4.79 Å². The zero-order valence-electron chi connectivity index (χ0n) is 13.1. The van der Waals surface area contributed by atoms with Gasteiger partial charge in [-0.2, -0.15) is 0 Å². The average molecular weight is 272 g/mol. The lowest BCUT2D eigenvalue weighted by Crippen LogP contribution is -2.50. The standard InChI is InChI=1S/C19H28O/c1-18-9-3-4-16(18)15-6-5-13-12-14(20)7-11-19(13,2)17(15)8-10-18/h4,13,15,17H,3,5-12H2,1-2H3/t13-,15-,17+,18-,19-/m0/s1. The van der Waals surface area contributed by atoms with Crippen molar-refractivity contribution in [2.24, 2.45) is 28.6 Å². The molecule has 20 heavy (non-hydrogen) atoms. The lowest BCUT2D eigenvalue weighted by molar-refractivity contribution is -0.131. The summed E-state index contributed by atoms with van der Waals surface area (Å²) in [7, 11) is 0. The third-order valence-electron chi connectivity index (χ3n) is 7.67. The molecular formula is C19H28O. The minimum atomic E-state index is 0.460. The van der Waals surface area contributed by atoms with E-state index in [1.807, 2.05) is 5.57 Å². The van der Waals surface area contributed by atoms with Crippen molar-refractivity contribution in [1.29, 1.82) is 0 Å². The van der Waals surface area contributed by atoms with E-state index >= 15 is 0 Å². The predicted molar refractivity (Wildman–Crippen MR) is 81.3 cm³/mol. The van der Waals surface area contributed by atoms with Gasteiger partial charge in [-0.15, -0.1) is 0 Å². The summed E-state index contributed by atoms with van der Waals surface area (Å²) < 4.78 is 0. The Morgan fingerprint density at radius 2 is 1.95 bits per heavy atom. The van der Waals surface area contributed by atoms with Crippen molar-refractivity contribution in [1.82, 2.24) is 0 Å². The number of carbonyl (C=O) groups is 1. The minimum Gasteiger partial charge on any atom is -0.300 e. The fraction of sp³-hybridized carbons (Fsp3) is 0.842. The third-order valence-corrected chi connectivity index (χ3v) is 7.67. The molecule has 3 saturated carbocycles. The topological polar surface area (TPSA) is 17.1 Å².